The Bertz CT molecular complexity index is 801. The van der Waals surface area contributed by atoms with Crippen LogP contribution in [0.1, 0.15) is 54.5 Å². The highest BCUT2D eigenvalue weighted by atomic mass is 16.6. The molecule has 0 unspecified atom stereocenters. The Morgan fingerprint density at radius 2 is 1.71 bits per heavy atom. The second-order valence-electron chi connectivity index (χ2n) is 7.58. The zero-order valence-electron chi connectivity index (χ0n) is 17.3. The smallest absolute Gasteiger partial charge is 0.344 e. The second kappa shape index (κ2) is 9.60. The van der Waals surface area contributed by atoms with Gasteiger partial charge in [-0.15, -0.1) is 0 Å². The number of carbonyl (C=O) groups is 1. The summed E-state index contributed by atoms with van der Waals surface area (Å²) in [7, 11) is 0. The summed E-state index contributed by atoms with van der Waals surface area (Å²) in [6, 6.07) is 9.58. The van der Waals surface area contributed by atoms with Crippen LogP contribution in [-0.2, 0) is 16.0 Å². The monoisotopic (exact) mass is 386 g/mol. The van der Waals surface area contributed by atoms with Crippen LogP contribution in [0.25, 0.3) is 0 Å². The predicted molar refractivity (Wildman–Crippen MR) is 109 cm³/mol. The minimum Gasteiger partial charge on any atom is -0.508 e. The van der Waals surface area contributed by atoms with E-state index in [1.165, 1.54) is 5.56 Å². The fourth-order valence-electron chi connectivity index (χ4n) is 3.09. The molecular weight excluding hydrogens is 356 g/mol. The summed E-state index contributed by atoms with van der Waals surface area (Å²) in [6.45, 7) is 9.49. The SMILES string of the molecule is Cc1cc(OCC(=O)OC[C@H](C)O)cc(C)c1Cc1ccc(O)c(C(C)C)c1. The van der Waals surface area contributed by atoms with Crippen molar-refractivity contribution in [3.8, 4) is 11.5 Å². The number of aliphatic hydroxyl groups excluding tert-OH is 1. The average molecular weight is 386 g/mol. The number of phenols is 1. The molecule has 0 heterocycles. The predicted octanol–water partition coefficient (Wildman–Crippen LogP) is 4.03. The van der Waals surface area contributed by atoms with E-state index in [2.05, 4.69) is 19.9 Å². The molecule has 28 heavy (non-hydrogen) atoms. The molecule has 0 bridgehead atoms. The van der Waals surface area contributed by atoms with Crippen LogP contribution in [0.4, 0.5) is 0 Å². The Balaban J connectivity index is 2.10. The number of phenolic OH excluding ortho intramolecular Hbond substituents is 1. The van der Waals surface area contributed by atoms with E-state index in [0.29, 0.717) is 11.5 Å². The molecule has 0 aromatic heterocycles. The van der Waals surface area contributed by atoms with E-state index in [1.54, 1.807) is 13.0 Å². The second-order valence-corrected chi connectivity index (χ2v) is 7.58. The quantitative estimate of drug-likeness (QED) is 0.670. The highest BCUT2D eigenvalue weighted by Crippen LogP contribution is 2.29. The number of aromatic hydroxyl groups is 1. The van der Waals surface area contributed by atoms with Gasteiger partial charge in [-0.1, -0.05) is 26.0 Å². The number of aryl methyl sites for hydroxylation is 2. The summed E-state index contributed by atoms with van der Waals surface area (Å²) in [6.07, 6.45) is 0.0674. The Labute approximate surface area is 166 Å². The van der Waals surface area contributed by atoms with Crippen molar-refractivity contribution >= 4 is 5.97 Å². The van der Waals surface area contributed by atoms with Crippen molar-refractivity contribution in [2.45, 2.75) is 53.1 Å². The highest BCUT2D eigenvalue weighted by molar-refractivity contribution is 5.71. The fourth-order valence-corrected chi connectivity index (χ4v) is 3.09. The Kier molecular flexibility index (Phi) is 7.46. The Morgan fingerprint density at radius 3 is 2.29 bits per heavy atom. The van der Waals surface area contributed by atoms with Gasteiger partial charge in [0.25, 0.3) is 0 Å². The number of carbonyl (C=O) groups excluding carboxylic acids is 1. The lowest BCUT2D eigenvalue weighted by Gasteiger charge is -2.15. The molecule has 0 amide bonds. The lowest BCUT2D eigenvalue weighted by atomic mass is 9.93. The van der Waals surface area contributed by atoms with Gasteiger partial charge >= 0.3 is 5.97 Å². The van der Waals surface area contributed by atoms with E-state index in [0.717, 1.165) is 28.7 Å². The molecule has 0 saturated carbocycles. The van der Waals surface area contributed by atoms with Crippen LogP contribution in [0.15, 0.2) is 30.3 Å². The van der Waals surface area contributed by atoms with Crippen LogP contribution in [0.5, 0.6) is 11.5 Å². The molecule has 5 nitrogen and oxygen atoms in total. The standard InChI is InChI=1S/C23H30O5/c1-14(2)20-10-18(6-7-22(20)25)11-21-15(3)8-19(9-16(21)4)27-13-23(26)28-12-17(5)24/h6-10,14,17,24-25H,11-13H2,1-5H3/t17-/m0/s1. The van der Waals surface area contributed by atoms with E-state index in [9.17, 15) is 9.90 Å². The number of aliphatic hydroxyl groups is 1. The molecule has 0 spiro atoms. The van der Waals surface area contributed by atoms with Crippen LogP contribution in [0.3, 0.4) is 0 Å². The lowest BCUT2D eigenvalue weighted by Crippen LogP contribution is -2.20. The molecule has 0 aliphatic carbocycles. The third-order valence-corrected chi connectivity index (χ3v) is 4.61. The van der Waals surface area contributed by atoms with Gasteiger partial charge in [-0.3, -0.25) is 0 Å². The molecule has 0 aliphatic heterocycles. The molecule has 5 heteroatoms. The van der Waals surface area contributed by atoms with Crippen molar-refractivity contribution in [2.75, 3.05) is 13.2 Å². The summed E-state index contributed by atoms with van der Waals surface area (Å²) in [5.41, 5.74) is 5.44. The van der Waals surface area contributed by atoms with Gasteiger partial charge < -0.3 is 19.7 Å². The number of esters is 1. The number of hydrogen-bond acceptors (Lipinski definition) is 5. The highest BCUT2D eigenvalue weighted by Gasteiger charge is 2.12. The van der Waals surface area contributed by atoms with Crippen LogP contribution in [0, 0.1) is 13.8 Å². The summed E-state index contributed by atoms with van der Waals surface area (Å²) in [4.78, 5) is 11.6. The van der Waals surface area contributed by atoms with E-state index >= 15 is 0 Å². The zero-order valence-corrected chi connectivity index (χ0v) is 17.3. The van der Waals surface area contributed by atoms with Crippen molar-refractivity contribution in [3.05, 3.63) is 58.1 Å². The largest absolute Gasteiger partial charge is 0.508 e. The topological polar surface area (TPSA) is 76.0 Å². The first-order valence-electron chi connectivity index (χ1n) is 9.55. The number of benzene rings is 2. The van der Waals surface area contributed by atoms with Crippen molar-refractivity contribution in [1.29, 1.82) is 0 Å². The van der Waals surface area contributed by atoms with Crippen LogP contribution >= 0.6 is 0 Å². The molecule has 0 fully saturated rings. The first kappa shape index (κ1) is 21.8. The molecule has 2 aromatic rings. The van der Waals surface area contributed by atoms with Crippen LogP contribution < -0.4 is 4.74 Å². The maximum atomic E-state index is 11.6. The maximum Gasteiger partial charge on any atom is 0.344 e. The summed E-state index contributed by atoms with van der Waals surface area (Å²) in [5, 5.41) is 19.2. The van der Waals surface area contributed by atoms with Gasteiger partial charge in [0.05, 0.1) is 6.10 Å². The van der Waals surface area contributed by atoms with Crippen molar-refractivity contribution in [1.82, 2.24) is 0 Å². The Morgan fingerprint density at radius 1 is 1.07 bits per heavy atom. The molecule has 2 N–H and O–H groups in total. The van der Waals surface area contributed by atoms with Crippen molar-refractivity contribution in [3.63, 3.8) is 0 Å². The average Bonchev–Trinajstić information content (AvgIpc) is 2.62. The summed E-state index contributed by atoms with van der Waals surface area (Å²) < 4.78 is 10.4. The third kappa shape index (κ3) is 5.99. The zero-order chi connectivity index (χ0) is 20.8. The normalized spacial score (nSPS) is 12.1. The van der Waals surface area contributed by atoms with Crippen LogP contribution in [0.2, 0.25) is 0 Å². The van der Waals surface area contributed by atoms with E-state index in [-0.39, 0.29) is 19.1 Å². The number of hydrogen-bond donors (Lipinski definition) is 2. The van der Waals surface area contributed by atoms with E-state index in [1.807, 2.05) is 32.0 Å². The fraction of sp³-hybridized carbons (Fsp3) is 0.435. The third-order valence-electron chi connectivity index (χ3n) is 4.61. The first-order valence-corrected chi connectivity index (χ1v) is 9.55. The first-order chi connectivity index (χ1) is 13.2. The van der Waals surface area contributed by atoms with Gasteiger partial charge in [0.15, 0.2) is 6.61 Å². The van der Waals surface area contributed by atoms with Crippen LogP contribution in [-0.4, -0.2) is 35.5 Å². The summed E-state index contributed by atoms with van der Waals surface area (Å²) in [5.74, 6) is 0.692. The number of ether oxygens (including phenoxy) is 2. The molecule has 0 saturated heterocycles. The van der Waals surface area contributed by atoms with Gasteiger partial charge in [-0.05, 0) is 79.1 Å². The molecule has 2 aromatic carbocycles. The molecule has 2 rings (SSSR count). The molecule has 0 aliphatic rings. The van der Waals surface area contributed by atoms with E-state index < -0.39 is 12.1 Å². The molecule has 0 radical (unpaired) electrons. The Hall–Kier alpha value is -2.53. The van der Waals surface area contributed by atoms with Crippen molar-refractivity contribution < 1.29 is 24.5 Å². The van der Waals surface area contributed by atoms with Gasteiger partial charge in [0, 0.05) is 0 Å². The minimum atomic E-state index is -0.691. The number of rotatable bonds is 8. The lowest BCUT2D eigenvalue weighted by molar-refractivity contribution is -0.148. The minimum absolute atomic E-state index is 0.0375. The van der Waals surface area contributed by atoms with Gasteiger partial charge in [0.1, 0.15) is 18.1 Å². The van der Waals surface area contributed by atoms with Gasteiger partial charge in [0.2, 0.25) is 0 Å². The van der Waals surface area contributed by atoms with Crippen molar-refractivity contribution in [2.24, 2.45) is 0 Å². The molecule has 1 atom stereocenters. The van der Waals surface area contributed by atoms with Gasteiger partial charge in [-0.2, -0.15) is 0 Å². The van der Waals surface area contributed by atoms with Gasteiger partial charge in [-0.25, -0.2) is 4.79 Å². The molecule has 152 valence electrons. The van der Waals surface area contributed by atoms with E-state index in [4.69, 9.17) is 14.6 Å². The summed E-state index contributed by atoms with van der Waals surface area (Å²) >= 11 is 0. The maximum absolute atomic E-state index is 11.6. The molecular formula is C23H30O5.